The van der Waals surface area contributed by atoms with Gasteiger partial charge in [-0.1, -0.05) is 24.3 Å². The third kappa shape index (κ3) is 4.61. The second-order valence-electron chi connectivity index (χ2n) is 13.5. The van der Waals surface area contributed by atoms with E-state index in [0.717, 1.165) is 4.57 Å². The van der Waals surface area contributed by atoms with Crippen LogP contribution in [-0.4, -0.2) is 54.6 Å². The molecule has 2 fully saturated rings. The predicted molar refractivity (Wildman–Crippen MR) is 186 cm³/mol. The molecule has 2 aliphatic heterocycles. The van der Waals surface area contributed by atoms with Gasteiger partial charge in [-0.25, -0.2) is 33.4 Å². The molecular formula is C37H36N6O9. The number of hydrogen-bond acceptors (Lipinski definition) is 10. The summed E-state index contributed by atoms with van der Waals surface area (Å²) in [5, 5.41) is 9.82. The molecule has 2 amide bonds. The van der Waals surface area contributed by atoms with Gasteiger partial charge < -0.3 is 23.6 Å². The van der Waals surface area contributed by atoms with Crippen molar-refractivity contribution < 1.29 is 28.6 Å². The van der Waals surface area contributed by atoms with E-state index in [9.17, 15) is 29.1 Å². The zero-order valence-electron chi connectivity index (χ0n) is 28.9. The van der Waals surface area contributed by atoms with Crippen molar-refractivity contribution in [3.63, 3.8) is 0 Å². The van der Waals surface area contributed by atoms with Gasteiger partial charge in [-0.15, -0.1) is 0 Å². The summed E-state index contributed by atoms with van der Waals surface area (Å²) < 4.78 is 22.0. The molecule has 4 atom stereocenters. The number of methoxy groups -OCH3 is 2. The Morgan fingerprint density at radius 1 is 0.981 bits per heavy atom. The molecule has 1 saturated carbocycles. The minimum absolute atomic E-state index is 0.0141. The highest BCUT2D eigenvalue weighted by atomic mass is 16.5. The van der Waals surface area contributed by atoms with Crippen molar-refractivity contribution in [3.8, 4) is 11.5 Å². The van der Waals surface area contributed by atoms with Gasteiger partial charge in [-0.2, -0.15) is 0 Å². The Kier molecular flexibility index (Phi) is 7.71. The Bertz CT molecular complexity index is 2500. The summed E-state index contributed by atoms with van der Waals surface area (Å²) in [4.78, 5) is 75.9. The lowest BCUT2D eigenvalue weighted by Crippen LogP contribution is -2.49. The monoisotopic (exact) mass is 708 g/mol. The van der Waals surface area contributed by atoms with E-state index >= 15 is 0 Å². The predicted octanol–water partition coefficient (Wildman–Crippen LogP) is 2.27. The second kappa shape index (κ2) is 12.1. The normalized spacial score (nSPS) is 22.3. The smallest absolute Gasteiger partial charge is 0.347 e. The van der Waals surface area contributed by atoms with Crippen LogP contribution < -0.4 is 31.3 Å². The number of aliphatic hydroxyl groups is 1. The number of fused-ring (bicyclic) bond motifs is 5. The van der Waals surface area contributed by atoms with Gasteiger partial charge in [0.2, 0.25) is 11.8 Å². The number of aryl methyl sites for hydroxylation is 2. The summed E-state index contributed by atoms with van der Waals surface area (Å²) >= 11 is 0. The highest BCUT2D eigenvalue weighted by Crippen LogP contribution is 2.61. The van der Waals surface area contributed by atoms with Crippen molar-refractivity contribution in [1.82, 2.24) is 23.5 Å². The quantitative estimate of drug-likeness (QED) is 0.186. The van der Waals surface area contributed by atoms with E-state index in [0.29, 0.717) is 39.6 Å². The SMILES string of the molecule is COc1cc2nc(CCn3c(=O)n4n(c3=O)[C@@H]3C[C@H]5C(=O)N(c6ccccc6)C(=O)[C@@]5(C)[C@@H](c5ccc(CO)o5)C3=CC4)c(=O)n(C)c2cc1OC. The van der Waals surface area contributed by atoms with Gasteiger partial charge in [-0.05, 0) is 43.2 Å². The third-order valence-electron chi connectivity index (χ3n) is 11.0. The number of carbonyl (C=O) groups excluding carboxylic acids is 2. The summed E-state index contributed by atoms with van der Waals surface area (Å²) in [6, 6.07) is 14.5. The summed E-state index contributed by atoms with van der Waals surface area (Å²) in [6.45, 7) is 1.29. The highest BCUT2D eigenvalue weighted by molar-refractivity contribution is 6.24. The van der Waals surface area contributed by atoms with Crippen LogP contribution in [0.25, 0.3) is 11.0 Å². The molecule has 0 bridgehead atoms. The van der Waals surface area contributed by atoms with Gasteiger partial charge in [0.05, 0.1) is 60.8 Å². The van der Waals surface area contributed by atoms with Crippen LogP contribution in [0.5, 0.6) is 11.5 Å². The number of benzene rings is 2. The van der Waals surface area contributed by atoms with E-state index < -0.39 is 46.5 Å². The third-order valence-corrected chi connectivity index (χ3v) is 11.0. The number of ether oxygens (including phenoxy) is 2. The number of anilines is 1. The Labute approximate surface area is 295 Å². The van der Waals surface area contributed by atoms with E-state index in [4.69, 9.17) is 13.9 Å². The Balaban J connectivity index is 1.19. The average molecular weight is 709 g/mol. The number of imide groups is 1. The molecule has 268 valence electrons. The molecule has 1 saturated heterocycles. The zero-order valence-corrected chi connectivity index (χ0v) is 28.9. The summed E-state index contributed by atoms with van der Waals surface area (Å²) in [6.07, 6.45) is 1.90. The number of furan rings is 1. The van der Waals surface area contributed by atoms with Crippen molar-refractivity contribution in [3.05, 3.63) is 115 Å². The number of aliphatic hydroxyl groups excluding tert-OH is 1. The number of aromatic nitrogens is 5. The van der Waals surface area contributed by atoms with Crippen LogP contribution in [0.4, 0.5) is 5.69 Å². The van der Waals surface area contributed by atoms with Crippen molar-refractivity contribution in [2.45, 2.75) is 51.4 Å². The van der Waals surface area contributed by atoms with Crippen LogP contribution in [0.15, 0.2) is 85.0 Å². The molecule has 0 spiro atoms. The van der Waals surface area contributed by atoms with Gasteiger partial charge in [0.15, 0.2) is 11.5 Å². The van der Waals surface area contributed by atoms with E-state index in [2.05, 4.69) is 4.98 Å². The van der Waals surface area contributed by atoms with E-state index in [-0.39, 0.29) is 49.6 Å². The van der Waals surface area contributed by atoms with Crippen LogP contribution in [0.2, 0.25) is 0 Å². The Hall–Kier alpha value is -5.96. The molecule has 5 aromatic rings. The van der Waals surface area contributed by atoms with Crippen LogP contribution in [0.3, 0.4) is 0 Å². The highest BCUT2D eigenvalue weighted by Gasteiger charge is 2.66. The van der Waals surface area contributed by atoms with Gasteiger partial charge in [-0.3, -0.25) is 14.4 Å². The molecule has 0 unspecified atom stereocenters. The molecule has 5 heterocycles. The Morgan fingerprint density at radius 2 is 1.71 bits per heavy atom. The minimum Gasteiger partial charge on any atom is -0.493 e. The number of allylic oxidation sites excluding steroid dienone is 2. The maximum Gasteiger partial charge on any atom is 0.347 e. The summed E-state index contributed by atoms with van der Waals surface area (Å²) in [7, 11) is 4.60. The molecule has 3 aromatic heterocycles. The topological polar surface area (TPSA) is 173 Å². The molecule has 0 radical (unpaired) electrons. The molecule has 8 rings (SSSR count). The standard InChI is InChI=1S/C37H36N6O9/c1-37-23(32(45)42(34(37)47)20-8-6-5-7-9-20)16-26-22(31(37)28-11-10-21(19-44)52-28)12-15-41-35(48)40(36(49)43(26)41)14-13-24-33(46)39(2)27-18-30(51-4)29(50-3)17-25(27)38-24/h5-12,17-18,23,26,31,44H,13-16,19H2,1-4H3/t23-,26+,31+,37+/m0/s1. The first kappa shape index (κ1) is 33.2. The summed E-state index contributed by atoms with van der Waals surface area (Å²) in [5.41, 5.74) is -0.603. The first-order valence-corrected chi connectivity index (χ1v) is 16.9. The number of rotatable bonds is 8. The van der Waals surface area contributed by atoms with Crippen molar-refractivity contribution in [2.75, 3.05) is 19.1 Å². The number of nitrogens with zero attached hydrogens (tertiary/aromatic N) is 6. The van der Waals surface area contributed by atoms with Gasteiger partial charge in [0.1, 0.15) is 23.8 Å². The maximum absolute atomic E-state index is 14.4. The molecule has 3 aliphatic rings. The fourth-order valence-corrected chi connectivity index (χ4v) is 8.37. The van der Waals surface area contributed by atoms with Crippen LogP contribution in [-0.2, 0) is 42.8 Å². The first-order chi connectivity index (χ1) is 25.0. The summed E-state index contributed by atoms with van der Waals surface area (Å²) in [5.74, 6) is -0.911. The first-order valence-electron chi connectivity index (χ1n) is 16.9. The number of para-hydroxylation sites is 1. The number of hydrogen-bond donors (Lipinski definition) is 1. The van der Waals surface area contributed by atoms with Crippen molar-refractivity contribution in [2.24, 2.45) is 18.4 Å². The largest absolute Gasteiger partial charge is 0.493 e. The molecule has 1 N–H and O–H groups in total. The van der Waals surface area contributed by atoms with Gasteiger partial charge in [0.25, 0.3) is 5.56 Å². The van der Waals surface area contributed by atoms with Crippen LogP contribution >= 0.6 is 0 Å². The molecule has 15 heteroatoms. The second-order valence-corrected chi connectivity index (χ2v) is 13.5. The fraction of sp³-hybridized carbons (Fsp3) is 0.351. The van der Waals surface area contributed by atoms with Crippen molar-refractivity contribution >= 4 is 28.5 Å². The van der Waals surface area contributed by atoms with E-state index in [1.807, 2.05) is 6.08 Å². The minimum atomic E-state index is -1.29. The molecular weight excluding hydrogens is 672 g/mol. The number of carbonyl (C=O) groups is 2. The lowest BCUT2D eigenvalue weighted by molar-refractivity contribution is -0.129. The Morgan fingerprint density at radius 3 is 2.40 bits per heavy atom. The number of amides is 2. The van der Waals surface area contributed by atoms with Gasteiger partial charge >= 0.3 is 11.4 Å². The average Bonchev–Trinajstić information content (AvgIpc) is 3.78. The van der Waals surface area contributed by atoms with E-state index in [1.54, 1.807) is 68.6 Å². The van der Waals surface area contributed by atoms with E-state index in [1.165, 1.54) is 33.1 Å². The molecule has 15 nitrogen and oxygen atoms in total. The van der Waals surface area contributed by atoms with Gasteiger partial charge in [0, 0.05) is 32.1 Å². The lowest BCUT2D eigenvalue weighted by atomic mass is 9.58. The van der Waals surface area contributed by atoms with Crippen LogP contribution in [0.1, 0.15) is 42.5 Å². The lowest BCUT2D eigenvalue weighted by Gasteiger charge is -2.46. The maximum atomic E-state index is 14.4. The van der Waals surface area contributed by atoms with Crippen LogP contribution in [0, 0.1) is 11.3 Å². The molecule has 52 heavy (non-hydrogen) atoms. The molecule has 1 aliphatic carbocycles. The zero-order chi connectivity index (χ0) is 36.6. The van der Waals surface area contributed by atoms with Crippen molar-refractivity contribution in [1.29, 1.82) is 0 Å². The fourth-order valence-electron chi connectivity index (χ4n) is 8.37. The molecule has 2 aromatic carbocycles.